The zero-order valence-corrected chi connectivity index (χ0v) is 8.07. The predicted octanol–water partition coefficient (Wildman–Crippen LogP) is 2.38. The lowest BCUT2D eigenvalue weighted by atomic mass is 10.1. The summed E-state index contributed by atoms with van der Waals surface area (Å²) in [5.41, 5.74) is 8.09. The summed E-state index contributed by atoms with van der Waals surface area (Å²) in [7, 11) is 0. The standard InChI is InChI=1S/C10H8ClN3/c11-10-5-9(13-6-14-10)7-3-1-2-4-8(7)12/h1-6H,12H2. The predicted molar refractivity (Wildman–Crippen MR) is 56.9 cm³/mol. The Bertz CT molecular complexity index is 457. The lowest BCUT2D eigenvalue weighted by Crippen LogP contribution is -1.91. The Labute approximate surface area is 86.6 Å². The maximum Gasteiger partial charge on any atom is 0.133 e. The van der Waals surface area contributed by atoms with Crippen LogP contribution >= 0.6 is 11.6 Å². The number of hydrogen-bond acceptors (Lipinski definition) is 3. The molecule has 0 bridgehead atoms. The van der Waals surface area contributed by atoms with E-state index in [1.165, 1.54) is 6.33 Å². The molecule has 0 spiro atoms. The van der Waals surface area contributed by atoms with E-state index in [1.54, 1.807) is 6.07 Å². The zero-order chi connectivity index (χ0) is 9.97. The fourth-order valence-corrected chi connectivity index (χ4v) is 1.36. The summed E-state index contributed by atoms with van der Waals surface area (Å²) < 4.78 is 0. The lowest BCUT2D eigenvalue weighted by molar-refractivity contribution is 1.17. The molecule has 3 nitrogen and oxygen atoms in total. The number of nitrogens with two attached hydrogens (primary N) is 1. The van der Waals surface area contributed by atoms with Gasteiger partial charge in [0, 0.05) is 17.3 Å². The first-order valence-corrected chi connectivity index (χ1v) is 4.47. The molecule has 0 amide bonds. The van der Waals surface area contributed by atoms with Gasteiger partial charge < -0.3 is 5.73 Å². The minimum Gasteiger partial charge on any atom is -0.398 e. The molecule has 0 fully saturated rings. The lowest BCUT2D eigenvalue weighted by Gasteiger charge is -2.03. The minimum absolute atomic E-state index is 0.415. The highest BCUT2D eigenvalue weighted by molar-refractivity contribution is 6.29. The van der Waals surface area contributed by atoms with Crippen LogP contribution in [0.25, 0.3) is 11.3 Å². The highest BCUT2D eigenvalue weighted by atomic mass is 35.5. The molecule has 1 aromatic carbocycles. The molecule has 0 atom stereocenters. The topological polar surface area (TPSA) is 51.8 Å². The Hall–Kier alpha value is -1.61. The number of nitrogens with zero attached hydrogens (tertiary/aromatic N) is 2. The summed E-state index contributed by atoms with van der Waals surface area (Å²) in [5.74, 6) is 0. The van der Waals surface area contributed by atoms with Crippen molar-refractivity contribution in [2.75, 3.05) is 5.73 Å². The van der Waals surface area contributed by atoms with Crippen molar-refractivity contribution < 1.29 is 0 Å². The summed E-state index contributed by atoms with van der Waals surface area (Å²) in [4.78, 5) is 7.90. The third kappa shape index (κ3) is 1.67. The fourth-order valence-electron chi connectivity index (χ4n) is 1.21. The van der Waals surface area contributed by atoms with Crippen molar-refractivity contribution in [2.45, 2.75) is 0 Å². The number of rotatable bonds is 1. The van der Waals surface area contributed by atoms with Crippen LogP contribution in [0.4, 0.5) is 5.69 Å². The second-order valence-electron chi connectivity index (χ2n) is 2.81. The number of aromatic nitrogens is 2. The SMILES string of the molecule is Nc1ccccc1-c1cc(Cl)ncn1. The molecule has 2 aromatic rings. The average molecular weight is 206 g/mol. The van der Waals surface area contributed by atoms with Gasteiger partial charge in [0.05, 0.1) is 5.69 Å². The van der Waals surface area contributed by atoms with E-state index in [1.807, 2.05) is 24.3 Å². The molecule has 1 heterocycles. The molecule has 4 heteroatoms. The van der Waals surface area contributed by atoms with E-state index in [2.05, 4.69) is 9.97 Å². The van der Waals surface area contributed by atoms with Gasteiger partial charge in [0.15, 0.2) is 0 Å². The molecule has 2 rings (SSSR count). The van der Waals surface area contributed by atoms with E-state index in [0.29, 0.717) is 10.8 Å². The van der Waals surface area contributed by atoms with Crippen molar-refractivity contribution in [1.29, 1.82) is 0 Å². The summed E-state index contributed by atoms with van der Waals surface area (Å²) in [6.45, 7) is 0. The minimum atomic E-state index is 0.415. The van der Waals surface area contributed by atoms with E-state index >= 15 is 0 Å². The number of para-hydroxylation sites is 1. The highest BCUT2D eigenvalue weighted by Gasteiger charge is 2.03. The molecule has 0 saturated heterocycles. The molecule has 14 heavy (non-hydrogen) atoms. The Balaban J connectivity index is 2.55. The molecule has 0 unspecified atom stereocenters. The summed E-state index contributed by atoms with van der Waals surface area (Å²) in [5, 5.41) is 0.415. The number of halogens is 1. The Kier molecular flexibility index (Phi) is 2.33. The van der Waals surface area contributed by atoms with E-state index in [4.69, 9.17) is 17.3 Å². The third-order valence-corrected chi connectivity index (χ3v) is 2.08. The van der Waals surface area contributed by atoms with Gasteiger partial charge in [-0.3, -0.25) is 0 Å². The largest absolute Gasteiger partial charge is 0.398 e. The number of hydrogen-bond donors (Lipinski definition) is 1. The first kappa shape index (κ1) is 8.97. The van der Waals surface area contributed by atoms with E-state index in [0.717, 1.165) is 11.3 Å². The van der Waals surface area contributed by atoms with Gasteiger partial charge in [-0.15, -0.1) is 0 Å². The zero-order valence-electron chi connectivity index (χ0n) is 7.31. The first-order chi connectivity index (χ1) is 6.77. The third-order valence-electron chi connectivity index (χ3n) is 1.87. The number of benzene rings is 1. The normalized spacial score (nSPS) is 10.1. The average Bonchev–Trinajstić information content (AvgIpc) is 2.18. The van der Waals surface area contributed by atoms with Gasteiger partial charge in [0.2, 0.25) is 0 Å². The van der Waals surface area contributed by atoms with Crippen LogP contribution in [-0.4, -0.2) is 9.97 Å². The highest BCUT2D eigenvalue weighted by Crippen LogP contribution is 2.24. The van der Waals surface area contributed by atoms with Crippen molar-refractivity contribution in [3.63, 3.8) is 0 Å². The van der Waals surface area contributed by atoms with Crippen LogP contribution in [0.2, 0.25) is 5.15 Å². The van der Waals surface area contributed by atoms with Crippen molar-refractivity contribution in [3.05, 3.63) is 41.8 Å². The van der Waals surface area contributed by atoms with Crippen LogP contribution in [0.5, 0.6) is 0 Å². The van der Waals surface area contributed by atoms with Crippen LogP contribution in [0, 0.1) is 0 Å². The van der Waals surface area contributed by atoms with Crippen molar-refractivity contribution in [3.8, 4) is 11.3 Å². The maximum absolute atomic E-state index is 5.80. The maximum atomic E-state index is 5.80. The van der Waals surface area contributed by atoms with Gasteiger partial charge in [0.25, 0.3) is 0 Å². The molecule has 0 aliphatic heterocycles. The molecule has 2 N–H and O–H groups in total. The smallest absolute Gasteiger partial charge is 0.133 e. The molecule has 0 saturated carbocycles. The number of anilines is 1. The molecule has 0 aliphatic rings. The summed E-state index contributed by atoms with van der Waals surface area (Å²) in [6.07, 6.45) is 1.42. The van der Waals surface area contributed by atoms with Crippen LogP contribution in [0.15, 0.2) is 36.7 Å². The van der Waals surface area contributed by atoms with E-state index in [9.17, 15) is 0 Å². The molecular weight excluding hydrogens is 198 g/mol. The molecule has 0 radical (unpaired) electrons. The van der Waals surface area contributed by atoms with Crippen LogP contribution in [0.3, 0.4) is 0 Å². The summed E-state index contributed by atoms with van der Waals surface area (Å²) >= 11 is 5.76. The Morgan fingerprint density at radius 3 is 2.64 bits per heavy atom. The molecule has 0 aliphatic carbocycles. The van der Waals surface area contributed by atoms with Crippen molar-refractivity contribution in [2.24, 2.45) is 0 Å². The first-order valence-electron chi connectivity index (χ1n) is 4.10. The summed E-state index contributed by atoms with van der Waals surface area (Å²) in [6, 6.07) is 9.19. The van der Waals surface area contributed by atoms with Gasteiger partial charge in [-0.25, -0.2) is 9.97 Å². The van der Waals surface area contributed by atoms with Gasteiger partial charge >= 0.3 is 0 Å². The van der Waals surface area contributed by atoms with Crippen LogP contribution in [0.1, 0.15) is 0 Å². The van der Waals surface area contributed by atoms with E-state index in [-0.39, 0.29) is 0 Å². The Morgan fingerprint density at radius 2 is 1.93 bits per heavy atom. The second-order valence-corrected chi connectivity index (χ2v) is 3.20. The van der Waals surface area contributed by atoms with Crippen LogP contribution < -0.4 is 5.73 Å². The van der Waals surface area contributed by atoms with Crippen LogP contribution in [-0.2, 0) is 0 Å². The van der Waals surface area contributed by atoms with Crippen molar-refractivity contribution >= 4 is 17.3 Å². The molecule has 1 aromatic heterocycles. The van der Waals surface area contributed by atoms with E-state index < -0.39 is 0 Å². The molecule has 70 valence electrons. The van der Waals surface area contributed by atoms with Gasteiger partial charge in [-0.1, -0.05) is 29.8 Å². The second kappa shape index (κ2) is 3.64. The molecular formula is C10H8ClN3. The fraction of sp³-hybridized carbons (Fsp3) is 0. The van der Waals surface area contributed by atoms with Gasteiger partial charge in [-0.2, -0.15) is 0 Å². The van der Waals surface area contributed by atoms with Gasteiger partial charge in [0.1, 0.15) is 11.5 Å². The monoisotopic (exact) mass is 205 g/mol. The Morgan fingerprint density at radius 1 is 1.14 bits per heavy atom. The number of nitrogen functional groups attached to an aromatic ring is 1. The van der Waals surface area contributed by atoms with Gasteiger partial charge in [-0.05, 0) is 6.07 Å². The van der Waals surface area contributed by atoms with Crippen molar-refractivity contribution in [1.82, 2.24) is 9.97 Å². The quantitative estimate of drug-likeness (QED) is 0.575.